The molecule has 0 bridgehead atoms. The lowest BCUT2D eigenvalue weighted by Crippen LogP contribution is -2.38. The van der Waals surface area contributed by atoms with Gasteiger partial charge in [0.15, 0.2) is 5.11 Å². The number of rotatable bonds is 6. The van der Waals surface area contributed by atoms with Gasteiger partial charge in [-0.15, -0.1) is 0 Å². The number of aromatic carboxylic acids is 1. The van der Waals surface area contributed by atoms with Gasteiger partial charge in [-0.25, -0.2) is 4.79 Å². The van der Waals surface area contributed by atoms with Crippen molar-refractivity contribution in [2.45, 2.75) is 6.54 Å². The standard InChI is InChI=1S/C16H17N3O3S/c1-22-14-8-2-11(3-9-14)10-17-16(23)19-18-13-6-4-12(5-7-13)15(20)21/h2-9,18H,10H2,1H3,(H,20,21)(H2,17,19,23). The molecule has 4 N–H and O–H groups in total. The first-order valence-corrected chi connectivity index (χ1v) is 7.25. The third-order valence-electron chi connectivity index (χ3n) is 3.06. The average molecular weight is 331 g/mol. The summed E-state index contributed by atoms with van der Waals surface area (Å²) in [5.74, 6) is -0.151. The zero-order chi connectivity index (χ0) is 16.7. The van der Waals surface area contributed by atoms with Crippen LogP contribution < -0.4 is 20.9 Å². The highest BCUT2D eigenvalue weighted by Gasteiger charge is 2.02. The molecule has 23 heavy (non-hydrogen) atoms. The molecular formula is C16H17N3O3S. The van der Waals surface area contributed by atoms with Gasteiger partial charge in [-0.1, -0.05) is 12.1 Å². The normalized spacial score (nSPS) is 9.78. The molecule has 0 fully saturated rings. The molecule has 0 heterocycles. The van der Waals surface area contributed by atoms with E-state index >= 15 is 0 Å². The first kappa shape index (κ1) is 16.6. The minimum atomic E-state index is -0.957. The van der Waals surface area contributed by atoms with Crippen LogP contribution in [0, 0.1) is 0 Å². The van der Waals surface area contributed by atoms with Gasteiger partial charge < -0.3 is 15.2 Å². The van der Waals surface area contributed by atoms with Crippen molar-refractivity contribution < 1.29 is 14.6 Å². The van der Waals surface area contributed by atoms with E-state index in [4.69, 9.17) is 22.1 Å². The Kier molecular flexibility index (Phi) is 5.76. The number of hydrogen-bond donors (Lipinski definition) is 4. The Balaban J connectivity index is 1.77. The maximum absolute atomic E-state index is 10.8. The Labute approximate surface area is 139 Å². The van der Waals surface area contributed by atoms with Crippen molar-refractivity contribution in [2.75, 3.05) is 12.5 Å². The van der Waals surface area contributed by atoms with Gasteiger partial charge in [0.1, 0.15) is 5.75 Å². The predicted molar refractivity (Wildman–Crippen MR) is 92.6 cm³/mol. The van der Waals surface area contributed by atoms with Crippen LogP contribution in [0.4, 0.5) is 5.69 Å². The number of carboxylic acids is 1. The number of carboxylic acid groups (broad SMARTS) is 1. The molecule has 0 aliphatic rings. The molecule has 2 aromatic rings. The third kappa shape index (κ3) is 5.15. The molecular weight excluding hydrogens is 314 g/mol. The minimum Gasteiger partial charge on any atom is -0.497 e. The highest BCUT2D eigenvalue weighted by molar-refractivity contribution is 7.80. The van der Waals surface area contributed by atoms with Crippen molar-refractivity contribution in [2.24, 2.45) is 0 Å². The van der Waals surface area contributed by atoms with Crippen LogP contribution in [0.15, 0.2) is 48.5 Å². The summed E-state index contributed by atoms with van der Waals surface area (Å²) in [4.78, 5) is 10.8. The van der Waals surface area contributed by atoms with Gasteiger partial charge in [-0.05, 0) is 54.2 Å². The van der Waals surface area contributed by atoms with Crippen molar-refractivity contribution in [3.8, 4) is 5.75 Å². The van der Waals surface area contributed by atoms with E-state index in [-0.39, 0.29) is 5.56 Å². The van der Waals surface area contributed by atoms with Crippen LogP contribution in [-0.4, -0.2) is 23.3 Å². The predicted octanol–water partition coefficient (Wildman–Crippen LogP) is 2.38. The lowest BCUT2D eigenvalue weighted by Gasteiger charge is -2.13. The van der Waals surface area contributed by atoms with Gasteiger partial charge in [0, 0.05) is 6.54 Å². The Morgan fingerprint density at radius 3 is 2.35 bits per heavy atom. The molecule has 2 rings (SSSR count). The Morgan fingerprint density at radius 2 is 1.78 bits per heavy atom. The second-order valence-electron chi connectivity index (χ2n) is 4.66. The Morgan fingerprint density at radius 1 is 1.13 bits per heavy atom. The SMILES string of the molecule is COc1ccc(CNC(=S)NNc2ccc(C(=O)O)cc2)cc1. The molecule has 0 saturated carbocycles. The molecule has 6 nitrogen and oxygen atoms in total. The molecule has 120 valence electrons. The largest absolute Gasteiger partial charge is 0.497 e. The first-order chi connectivity index (χ1) is 11.1. The van der Waals surface area contributed by atoms with Crippen LogP contribution in [0.2, 0.25) is 0 Å². The van der Waals surface area contributed by atoms with E-state index in [1.807, 2.05) is 24.3 Å². The van der Waals surface area contributed by atoms with Crippen LogP contribution in [0.25, 0.3) is 0 Å². The quantitative estimate of drug-likeness (QED) is 0.478. The number of methoxy groups -OCH3 is 1. The Bertz CT molecular complexity index is 672. The minimum absolute atomic E-state index is 0.232. The monoisotopic (exact) mass is 331 g/mol. The highest BCUT2D eigenvalue weighted by Crippen LogP contribution is 2.11. The van der Waals surface area contributed by atoms with E-state index in [1.54, 1.807) is 19.2 Å². The maximum atomic E-state index is 10.8. The van der Waals surface area contributed by atoms with Crippen molar-refractivity contribution >= 4 is 29.0 Å². The summed E-state index contributed by atoms with van der Waals surface area (Å²) < 4.78 is 5.10. The van der Waals surface area contributed by atoms with E-state index in [0.717, 1.165) is 11.3 Å². The smallest absolute Gasteiger partial charge is 0.335 e. The summed E-state index contributed by atoms with van der Waals surface area (Å²) in [6, 6.07) is 14.0. The number of thiocarbonyl (C=S) groups is 1. The van der Waals surface area contributed by atoms with Crippen molar-refractivity contribution in [3.63, 3.8) is 0 Å². The van der Waals surface area contributed by atoms with E-state index in [0.29, 0.717) is 17.3 Å². The van der Waals surface area contributed by atoms with Crippen LogP contribution in [0.5, 0.6) is 5.75 Å². The zero-order valence-electron chi connectivity index (χ0n) is 12.5. The number of ether oxygens (including phenoxy) is 1. The summed E-state index contributed by atoms with van der Waals surface area (Å²) in [5.41, 5.74) is 7.75. The maximum Gasteiger partial charge on any atom is 0.335 e. The second kappa shape index (κ2) is 8.00. The number of hydrazine groups is 1. The molecule has 0 aliphatic heterocycles. The molecule has 0 aliphatic carbocycles. The molecule has 0 amide bonds. The molecule has 0 atom stereocenters. The summed E-state index contributed by atoms with van der Waals surface area (Å²) in [6.45, 7) is 0.579. The van der Waals surface area contributed by atoms with Crippen molar-refractivity contribution in [1.29, 1.82) is 0 Å². The number of nitrogens with one attached hydrogen (secondary N) is 3. The third-order valence-corrected chi connectivity index (χ3v) is 3.31. The molecule has 0 unspecified atom stereocenters. The fourth-order valence-corrected chi connectivity index (χ4v) is 1.92. The molecule has 0 saturated heterocycles. The van der Waals surface area contributed by atoms with Crippen molar-refractivity contribution in [3.05, 3.63) is 59.7 Å². The van der Waals surface area contributed by atoms with Gasteiger partial charge >= 0.3 is 5.97 Å². The molecule has 0 aromatic heterocycles. The van der Waals surface area contributed by atoms with Gasteiger partial charge in [0.2, 0.25) is 0 Å². The number of hydrogen-bond acceptors (Lipinski definition) is 4. The topological polar surface area (TPSA) is 82.6 Å². The Hall–Kier alpha value is -2.80. The van der Waals surface area contributed by atoms with E-state index < -0.39 is 5.97 Å². The van der Waals surface area contributed by atoms with Gasteiger partial charge in [-0.3, -0.25) is 10.9 Å². The number of anilines is 1. The summed E-state index contributed by atoms with van der Waals surface area (Å²) in [5, 5.41) is 12.3. The van der Waals surface area contributed by atoms with E-state index in [1.165, 1.54) is 12.1 Å². The second-order valence-corrected chi connectivity index (χ2v) is 5.07. The van der Waals surface area contributed by atoms with Gasteiger partial charge in [0.25, 0.3) is 0 Å². The fraction of sp³-hybridized carbons (Fsp3) is 0.125. The molecule has 2 aromatic carbocycles. The average Bonchev–Trinajstić information content (AvgIpc) is 2.59. The number of benzene rings is 2. The zero-order valence-corrected chi connectivity index (χ0v) is 13.3. The lowest BCUT2D eigenvalue weighted by atomic mass is 10.2. The number of carbonyl (C=O) groups is 1. The summed E-state index contributed by atoms with van der Waals surface area (Å²) in [6.07, 6.45) is 0. The lowest BCUT2D eigenvalue weighted by molar-refractivity contribution is 0.0697. The summed E-state index contributed by atoms with van der Waals surface area (Å²) >= 11 is 5.16. The van der Waals surface area contributed by atoms with Gasteiger partial charge in [0.05, 0.1) is 18.4 Å². The highest BCUT2D eigenvalue weighted by atomic mass is 32.1. The van der Waals surface area contributed by atoms with Crippen molar-refractivity contribution in [1.82, 2.24) is 10.7 Å². The fourth-order valence-electron chi connectivity index (χ4n) is 1.79. The van der Waals surface area contributed by atoms with E-state index in [2.05, 4.69) is 16.2 Å². The molecule has 0 radical (unpaired) electrons. The molecule has 0 spiro atoms. The van der Waals surface area contributed by atoms with Crippen LogP contribution in [0.3, 0.4) is 0 Å². The van der Waals surface area contributed by atoms with Gasteiger partial charge in [-0.2, -0.15) is 0 Å². The van der Waals surface area contributed by atoms with E-state index in [9.17, 15) is 4.79 Å². The summed E-state index contributed by atoms with van der Waals surface area (Å²) in [7, 11) is 1.63. The first-order valence-electron chi connectivity index (χ1n) is 6.84. The molecule has 7 heteroatoms. The van der Waals surface area contributed by atoms with Crippen LogP contribution in [0.1, 0.15) is 15.9 Å². The van der Waals surface area contributed by atoms with Crippen LogP contribution in [-0.2, 0) is 6.54 Å². The van der Waals surface area contributed by atoms with Crippen LogP contribution >= 0.6 is 12.2 Å².